The van der Waals surface area contributed by atoms with Gasteiger partial charge >= 0.3 is 0 Å². The summed E-state index contributed by atoms with van der Waals surface area (Å²) in [6.07, 6.45) is 2.60. The molecule has 2 amide bonds. The smallest absolute Gasteiger partial charge is 0.290 e. The molecule has 24 heavy (non-hydrogen) atoms. The number of nitrogens with zero attached hydrogens (tertiary/aromatic N) is 1. The SMILES string of the molecule is COc1cc(/C=C2\SC(=O)NC2=O)c(N2CCC(N)C2)cc1OC. The maximum atomic E-state index is 11.8. The number of thioether (sulfide) groups is 1. The number of rotatable bonds is 4. The van der Waals surface area contributed by atoms with Gasteiger partial charge in [0.1, 0.15) is 0 Å². The third-order valence-corrected chi connectivity index (χ3v) is 4.84. The highest BCUT2D eigenvalue weighted by molar-refractivity contribution is 8.18. The lowest BCUT2D eigenvalue weighted by Crippen LogP contribution is -2.26. The Balaban J connectivity index is 2.06. The molecular weight excluding hydrogens is 330 g/mol. The van der Waals surface area contributed by atoms with E-state index in [-0.39, 0.29) is 17.2 Å². The quantitative estimate of drug-likeness (QED) is 0.797. The number of ether oxygens (including phenoxy) is 2. The Labute approximate surface area is 144 Å². The van der Waals surface area contributed by atoms with E-state index in [9.17, 15) is 9.59 Å². The molecule has 128 valence electrons. The van der Waals surface area contributed by atoms with E-state index in [1.165, 1.54) is 0 Å². The number of hydrogen-bond acceptors (Lipinski definition) is 7. The first kappa shape index (κ1) is 16.7. The van der Waals surface area contributed by atoms with Crippen molar-refractivity contribution in [1.82, 2.24) is 5.32 Å². The van der Waals surface area contributed by atoms with Crippen LogP contribution in [0.1, 0.15) is 12.0 Å². The molecule has 1 unspecified atom stereocenters. The summed E-state index contributed by atoms with van der Waals surface area (Å²) in [6, 6.07) is 3.80. The zero-order valence-corrected chi connectivity index (χ0v) is 14.3. The minimum absolute atomic E-state index is 0.115. The van der Waals surface area contributed by atoms with Crippen molar-refractivity contribution in [1.29, 1.82) is 0 Å². The number of imide groups is 1. The Hall–Kier alpha value is -2.19. The van der Waals surface area contributed by atoms with E-state index in [2.05, 4.69) is 10.2 Å². The molecule has 1 atom stereocenters. The largest absolute Gasteiger partial charge is 0.493 e. The van der Waals surface area contributed by atoms with Crippen molar-refractivity contribution in [2.24, 2.45) is 5.73 Å². The van der Waals surface area contributed by atoms with Crippen LogP contribution in [-0.2, 0) is 4.79 Å². The zero-order chi connectivity index (χ0) is 17.3. The van der Waals surface area contributed by atoms with Crippen LogP contribution in [0.3, 0.4) is 0 Å². The van der Waals surface area contributed by atoms with Gasteiger partial charge in [0, 0.05) is 36.4 Å². The summed E-state index contributed by atoms with van der Waals surface area (Å²) < 4.78 is 10.7. The van der Waals surface area contributed by atoms with Crippen molar-refractivity contribution >= 4 is 34.7 Å². The molecule has 0 bridgehead atoms. The minimum atomic E-state index is -0.385. The van der Waals surface area contributed by atoms with Crippen LogP contribution in [0.25, 0.3) is 6.08 Å². The van der Waals surface area contributed by atoms with Crippen LogP contribution >= 0.6 is 11.8 Å². The molecule has 2 saturated heterocycles. The summed E-state index contributed by atoms with van der Waals surface area (Å²) in [4.78, 5) is 25.7. The summed E-state index contributed by atoms with van der Waals surface area (Å²) >= 11 is 0.890. The summed E-state index contributed by atoms with van der Waals surface area (Å²) in [5.41, 5.74) is 7.71. The summed E-state index contributed by atoms with van der Waals surface area (Å²) in [6.45, 7) is 1.55. The van der Waals surface area contributed by atoms with Crippen molar-refractivity contribution in [3.8, 4) is 11.5 Å². The Kier molecular flexibility index (Phi) is 4.68. The molecule has 0 spiro atoms. The Morgan fingerprint density at radius 2 is 2.00 bits per heavy atom. The van der Waals surface area contributed by atoms with Gasteiger partial charge in [0.05, 0.1) is 19.1 Å². The lowest BCUT2D eigenvalue weighted by molar-refractivity contribution is -0.115. The number of hydrogen-bond donors (Lipinski definition) is 2. The van der Waals surface area contributed by atoms with Gasteiger partial charge in [-0.1, -0.05) is 0 Å². The van der Waals surface area contributed by atoms with Crippen LogP contribution < -0.4 is 25.4 Å². The molecule has 1 aromatic rings. The molecule has 7 nitrogen and oxygen atoms in total. The molecule has 2 fully saturated rings. The van der Waals surface area contributed by atoms with Crippen LogP contribution in [-0.4, -0.2) is 44.5 Å². The highest BCUT2D eigenvalue weighted by atomic mass is 32.2. The van der Waals surface area contributed by atoms with Gasteiger partial charge < -0.3 is 20.1 Å². The number of carbonyl (C=O) groups is 2. The van der Waals surface area contributed by atoms with E-state index in [1.807, 2.05) is 12.1 Å². The summed E-state index contributed by atoms with van der Waals surface area (Å²) in [5, 5.41) is 1.90. The lowest BCUT2D eigenvalue weighted by atomic mass is 10.1. The third kappa shape index (κ3) is 3.20. The molecule has 3 N–H and O–H groups in total. The van der Waals surface area contributed by atoms with E-state index < -0.39 is 0 Å². The van der Waals surface area contributed by atoms with Crippen molar-refractivity contribution in [3.05, 3.63) is 22.6 Å². The number of anilines is 1. The van der Waals surface area contributed by atoms with Gasteiger partial charge in [-0.2, -0.15) is 0 Å². The lowest BCUT2D eigenvalue weighted by Gasteiger charge is -2.22. The van der Waals surface area contributed by atoms with Crippen LogP contribution in [0, 0.1) is 0 Å². The zero-order valence-electron chi connectivity index (χ0n) is 13.5. The highest BCUT2D eigenvalue weighted by Gasteiger charge is 2.27. The van der Waals surface area contributed by atoms with E-state index in [4.69, 9.17) is 15.2 Å². The van der Waals surface area contributed by atoms with Crippen LogP contribution in [0.4, 0.5) is 10.5 Å². The number of nitrogens with two attached hydrogens (primary N) is 1. The van der Waals surface area contributed by atoms with Gasteiger partial charge in [-0.3, -0.25) is 14.9 Å². The number of benzene rings is 1. The Morgan fingerprint density at radius 3 is 2.54 bits per heavy atom. The molecule has 0 saturated carbocycles. The molecule has 1 aromatic carbocycles. The fourth-order valence-corrected chi connectivity index (χ4v) is 3.51. The number of methoxy groups -OCH3 is 2. The van der Waals surface area contributed by atoms with Crippen molar-refractivity contribution in [2.45, 2.75) is 12.5 Å². The first-order valence-corrected chi connectivity index (χ1v) is 8.35. The minimum Gasteiger partial charge on any atom is -0.493 e. The van der Waals surface area contributed by atoms with Gasteiger partial charge in [-0.15, -0.1) is 0 Å². The standard InChI is InChI=1S/C16H19N3O4S/c1-22-12-5-9(6-14-15(20)18-16(21)24-14)11(7-13(12)23-2)19-4-3-10(17)8-19/h5-7,10H,3-4,8,17H2,1-2H3,(H,18,20,21)/b14-6-. The normalized spacial score (nSPS) is 22.2. The van der Waals surface area contributed by atoms with Gasteiger partial charge in [0.15, 0.2) is 11.5 Å². The molecule has 0 radical (unpaired) electrons. The molecule has 8 heteroatoms. The second-order valence-corrected chi connectivity index (χ2v) is 6.63. The third-order valence-electron chi connectivity index (χ3n) is 4.03. The van der Waals surface area contributed by atoms with Crippen LogP contribution in [0.15, 0.2) is 17.0 Å². The van der Waals surface area contributed by atoms with Crippen molar-refractivity contribution in [2.75, 3.05) is 32.2 Å². The Morgan fingerprint density at radius 1 is 1.29 bits per heavy atom. The van der Waals surface area contributed by atoms with Crippen molar-refractivity contribution in [3.63, 3.8) is 0 Å². The van der Waals surface area contributed by atoms with Crippen LogP contribution in [0.5, 0.6) is 11.5 Å². The number of amides is 2. The van der Waals surface area contributed by atoms with Gasteiger partial charge in [-0.05, 0) is 30.3 Å². The number of carbonyl (C=O) groups excluding carboxylic acids is 2. The van der Waals surface area contributed by atoms with Crippen LogP contribution in [0.2, 0.25) is 0 Å². The summed E-state index contributed by atoms with van der Waals surface area (Å²) in [5.74, 6) is 0.782. The molecule has 2 aliphatic heterocycles. The molecule has 3 rings (SSSR count). The second-order valence-electron chi connectivity index (χ2n) is 5.61. The van der Waals surface area contributed by atoms with E-state index in [0.29, 0.717) is 16.4 Å². The fraction of sp³-hybridized carbons (Fsp3) is 0.375. The van der Waals surface area contributed by atoms with Gasteiger partial charge in [-0.25, -0.2) is 0 Å². The summed E-state index contributed by atoms with van der Waals surface area (Å²) in [7, 11) is 3.13. The first-order valence-electron chi connectivity index (χ1n) is 7.53. The topological polar surface area (TPSA) is 93.9 Å². The predicted molar refractivity (Wildman–Crippen MR) is 93.5 cm³/mol. The molecule has 0 aliphatic carbocycles. The molecule has 2 aliphatic rings. The molecule has 0 aromatic heterocycles. The van der Waals surface area contributed by atoms with Crippen molar-refractivity contribution < 1.29 is 19.1 Å². The molecule has 2 heterocycles. The first-order chi connectivity index (χ1) is 11.5. The predicted octanol–water partition coefficient (Wildman–Crippen LogP) is 1.57. The average molecular weight is 349 g/mol. The Bertz CT molecular complexity index is 720. The fourth-order valence-electron chi connectivity index (χ4n) is 2.84. The maximum Gasteiger partial charge on any atom is 0.290 e. The molecular formula is C16H19N3O4S. The monoisotopic (exact) mass is 349 g/mol. The number of nitrogens with one attached hydrogen (secondary N) is 1. The van der Waals surface area contributed by atoms with E-state index in [0.717, 1.165) is 42.5 Å². The van der Waals surface area contributed by atoms with Gasteiger partial charge in [0.2, 0.25) is 0 Å². The maximum absolute atomic E-state index is 11.8. The van der Waals surface area contributed by atoms with Gasteiger partial charge in [0.25, 0.3) is 11.1 Å². The highest BCUT2D eigenvalue weighted by Crippen LogP contribution is 2.38. The van der Waals surface area contributed by atoms with E-state index in [1.54, 1.807) is 20.3 Å². The second kappa shape index (κ2) is 6.74. The average Bonchev–Trinajstić information content (AvgIpc) is 3.12. The van der Waals surface area contributed by atoms with E-state index >= 15 is 0 Å².